The molecule has 1 aliphatic heterocycles. The molecule has 0 aliphatic carbocycles. The average Bonchev–Trinajstić information content (AvgIpc) is 3.40. The molecule has 10 N–H and O–H groups in total. The SMILES string of the molecule is CC(NC(=O)C(C)NC(=O)C1CCCN1C(=O)C(NC(=O)C(N)CC(=O)O)C(C)C)C(=O)NC(CCCCN)C(=O)O. The molecular weight excluding hydrogens is 554 g/mol. The van der Waals surface area contributed by atoms with E-state index in [1.165, 1.54) is 18.7 Å². The summed E-state index contributed by atoms with van der Waals surface area (Å²) in [6.45, 7) is 6.75. The maximum atomic E-state index is 13.3. The molecule has 6 unspecified atom stereocenters. The first-order chi connectivity index (χ1) is 19.6. The second-order valence-electron chi connectivity index (χ2n) is 10.8. The van der Waals surface area contributed by atoms with Crippen molar-refractivity contribution in [1.29, 1.82) is 0 Å². The largest absolute Gasteiger partial charge is 0.481 e. The summed E-state index contributed by atoms with van der Waals surface area (Å²) in [7, 11) is 0. The van der Waals surface area contributed by atoms with Crippen LogP contribution in [0.25, 0.3) is 0 Å². The Balaban J connectivity index is 2.79. The third kappa shape index (κ3) is 11.2. The molecule has 1 saturated heterocycles. The van der Waals surface area contributed by atoms with Crippen molar-refractivity contribution < 1.29 is 43.8 Å². The van der Waals surface area contributed by atoms with Crippen molar-refractivity contribution in [1.82, 2.24) is 26.2 Å². The quantitative estimate of drug-likeness (QED) is 0.0819. The molecule has 16 nitrogen and oxygen atoms in total. The molecule has 0 radical (unpaired) electrons. The molecule has 5 amide bonds. The summed E-state index contributed by atoms with van der Waals surface area (Å²) in [5.74, 6) is -6.24. The molecular formula is C26H45N7O9. The van der Waals surface area contributed by atoms with E-state index >= 15 is 0 Å². The van der Waals surface area contributed by atoms with Crippen molar-refractivity contribution in [3.05, 3.63) is 0 Å². The molecule has 1 rings (SSSR count). The van der Waals surface area contributed by atoms with Gasteiger partial charge in [0, 0.05) is 6.54 Å². The van der Waals surface area contributed by atoms with Crippen LogP contribution in [0.4, 0.5) is 0 Å². The fraction of sp³-hybridized carbons (Fsp3) is 0.731. The van der Waals surface area contributed by atoms with Crippen LogP contribution in [0.3, 0.4) is 0 Å². The molecule has 0 spiro atoms. The fourth-order valence-electron chi connectivity index (χ4n) is 4.36. The lowest BCUT2D eigenvalue weighted by molar-refractivity contribution is -0.143. The number of nitrogens with one attached hydrogen (secondary N) is 4. The van der Waals surface area contributed by atoms with E-state index in [1.54, 1.807) is 13.8 Å². The summed E-state index contributed by atoms with van der Waals surface area (Å²) in [6.07, 6.45) is 1.46. The van der Waals surface area contributed by atoms with Crippen LogP contribution in [0.1, 0.15) is 66.2 Å². The molecule has 1 aliphatic rings. The number of carboxylic acids is 2. The summed E-state index contributed by atoms with van der Waals surface area (Å²) in [4.78, 5) is 87.6. The van der Waals surface area contributed by atoms with Gasteiger partial charge in [0.25, 0.3) is 0 Å². The van der Waals surface area contributed by atoms with E-state index in [-0.39, 0.29) is 13.0 Å². The first-order valence-corrected chi connectivity index (χ1v) is 14.0. The maximum Gasteiger partial charge on any atom is 0.326 e. The average molecular weight is 600 g/mol. The van der Waals surface area contributed by atoms with E-state index in [2.05, 4.69) is 21.3 Å². The van der Waals surface area contributed by atoms with Crippen LogP contribution in [0.15, 0.2) is 0 Å². The van der Waals surface area contributed by atoms with Crippen molar-refractivity contribution in [2.45, 2.75) is 102 Å². The first kappa shape index (κ1) is 36.2. The van der Waals surface area contributed by atoms with Gasteiger partial charge in [0.2, 0.25) is 29.5 Å². The van der Waals surface area contributed by atoms with Crippen molar-refractivity contribution >= 4 is 41.5 Å². The van der Waals surface area contributed by atoms with Crippen LogP contribution < -0.4 is 32.7 Å². The molecule has 1 fully saturated rings. The standard InChI is InChI=1S/C26H45N7O9/c1-13(2)20(32-23(38)16(28)12-19(34)35)25(40)33-11-7-9-18(33)24(39)30-14(3)21(36)29-15(4)22(37)31-17(26(41)42)8-5-6-10-27/h13-18,20H,5-12,27-28H2,1-4H3,(H,29,36)(H,30,39)(H,31,37)(H,32,38)(H,34,35)(H,41,42). The molecule has 1 heterocycles. The van der Waals surface area contributed by atoms with Crippen LogP contribution in [0.5, 0.6) is 0 Å². The Morgan fingerprint density at radius 3 is 2.00 bits per heavy atom. The highest BCUT2D eigenvalue weighted by atomic mass is 16.4. The van der Waals surface area contributed by atoms with Gasteiger partial charge < -0.3 is 47.8 Å². The van der Waals surface area contributed by atoms with Crippen molar-refractivity contribution in [3.63, 3.8) is 0 Å². The van der Waals surface area contributed by atoms with Gasteiger partial charge in [-0.1, -0.05) is 13.8 Å². The second-order valence-corrected chi connectivity index (χ2v) is 10.8. The predicted molar refractivity (Wildman–Crippen MR) is 149 cm³/mol. The zero-order valence-corrected chi connectivity index (χ0v) is 24.6. The lowest BCUT2D eigenvalue weighted by atomic mass is 10.0. The molecule has 0 aromatic carbocycles. The van der Waals surface area contributed by atoms with E-state index in [0.29, 0.717) is 32.2 Å². The Kier molecular flexibility index (Phi) is 14.9. The summed E-state index contributed by atoms with van der Waals surface area (Å²) < 4.78 is 0. The zero-order chi connectivity index (χ0) is 32.1. The Morgan fingerprint density at radius 1 is 0.857 bits per heavy atom. The number of aliphatic carboxylic acids is 2. The Hall–Kier alpha value is -3.79. The number of carbonyl (C=O) groups excluding carboxylic acids is 5. The minimum Gasteiger partial charge on any atom is -0.481 e. The smallest absolute Gasteiger partial charge is 0.326 e. The van der Waals surface area contributed by atoms with Crippen molar-refractivity contribution in [2.24, 2.45) is 17.4 Å². The minimum absolute atomic E-state index is 0.179. The number of rotatable bonds is 17. The van der Waals surface area contributed by atoms with Gasteiger partial charge in [-0.15, -0.1) is 0 Å². The number of carbonyl (C=O) groups is 7. The zero-order valence-electron chi connectivity index (χ0n) is 24.6. The Labute approximate surface area is 244 Å². The van der Waals surface area contributed by atoms with Gasteiger partial charge in [0.1, 0.15) is 30.2 Å². The molecule has 0 aromatic heterocycles. The number of hydrogen-bond donors (Lipinski definition) is 8. The number of likely N-dealkylation sites (tertiary alicyclic amines) is 1. The van der Waals surface area contributed by atoms with E-state index in [0.717, 1.165) is 0 Å². The highest BCUT2D eigenvalue weighted by molar-refractivity contribution is 5.96. The van der Waals surface area contributed by atoms with Crippen molar-refractivity contribution in [3.8, 4) is 0 Å². The topological polar surface area (TPSA) is 263 Å². The van der Waals surface area contributed by atoms with Gasteiger partial charge >= 0.3 is 11.9 Å². The third-order valence-electron chi connectivity index (χ3n) is 6.87. The van der Waals surface area contributed by atoms with Crippen molar-refractivity contribution in [2.75, 3.05) is 13.1 Å². The Bertz CT molecular complexity index is 1010. The molecule has 16 heteroatoms. The van der Waals surface area contributed by atoms with Gasteiger partial charge in [-0.25, -0.2) is 4.79 Å². The number of unbranched alkanes of at least 4 members (excludes halogenated alkanes) is 1. The van der Waals surface area contributed by atoms with Crippen LogP contribution in [-0.4, -0.2) is 106 Å². The predicted octanol–water partition coefficient (Wildman–Crippen LogP) is -2.37. The minimum atomic E-state index is -1.36. The molecule has 42 heavy (non-hydrogen) atoms. The molecule has 6 atom stereocenters. The van der Waals surface area contributed by atoms with Crippen LogP contribution in [0, 0.1) is 5.92 Å². The maximum absolute atomic E-state index is 13.3. The van der Waals surface area contributed by atoms with Gasteiger partial charge in [-0.3, -0.25) is 28.8 Å². The monoisotopic (exact) mass is 599 g/mol. The Morgan fingerprint density at radius 2 is 1.45 bits per heavy atom. The van der Waals surface area contributed by atoms with E-state index in [1.807, 2.05) is 0 Å². The van der Waals surface area contributed by atoms with E-state index in [9.17, 15) is 38.7 Å². The summed E-state index contributed by atoms with van der Waals surface area (Å²) in [5.41, 5.74) is 11.0. The summed E-state index contributed by atoms with van der Waals surface area (Å²) in [5, 5.41) is 28.1. The summed E-state index contributed by atoms with van der Waals surface area (Å²) >= 11 is 0. The molecule has 0 bridgehead atoms. The number of amides is 5. The van der Waals surface area contributed by atoms with Gasteiger partial charge in [0.05, 0.1) is 12.5 Å². The lowest BCUT2D eigenvalue weighted by Crippen LogP contribution is -2.59. The molecule has 238 valence electrons. The van der Waals surface area contributed by atoms with Crippen LogP contribution >= 0.6 is 0 Å². The van der Waals surface area contributed by atoms with Crippen LogP contribution in [-0.2, 0) is 33.6 Å². The fourth-order valence-corrected chi connectivity index (χ4v) is 4.36. The van der Waals surface area contributed by atoms with Gasteiger partial charge in [0.15, 0.2) is 0 Å². The second kappa shape index (κ2) is 17.2. The first-order valence-electron chi connectivity index (χ1n) is 14.0. The summed E-state index contributed by atoms with van der Waals surface area (Å²) in [6, 6.07) is -6.68. The van der Waals surface area contributed by atoms with E-state index < -0.39 is 90.1 Å². The van der Waals surface area contributed by atoms with Gasteiger partial charge in [-0.05, 0) is 58.4 Å². The van der Waals surface area contributed by atoms with E-state index in [4.69, 9.17) is 16.6 Å². The van der Waals surface area contributed by atoms with Crippen LogP contribution in [0.2, 0.25) is 0 Å². The lowest BCUT2D eigenvalue weighted by Gasteiger charge is -2.31. The molecule has 0 aromatic rings. The number of carboxylic acid groups (broad SMARTS) is 2. The number of nitrogens with zero attached hydrogens (tertiary/aromatic N) is 1. The van der Waals surface area contributed by atoms with Gasteiger partial charge in [-0.2, -0.15) is 0 Å². The third-order valence-corrected chi connectivity index (χ3v) is 6.87. The molecule has 0 saturated carbocycles. The number of hydrogen-bond acceptors (Lipinski definition) is 9. The highest BCUT2D eigenvalue weighted by Gasteiger charge is 2.40. The highest BCUT2D eigenvalue weighted by Crippen LogP contribution is 2.21. The normalized spacial score (nSPS) is 18.3. The number of nitrogens with two attached hydrogens (primary N) is 2.